The second kappa shape index (κ2) is 16.9. The third kappa shape index (κ3) is 8.60. The van der Waals surface area contributed by atoms with Crippen LogP contribution in [0.1, 0.15) is 91.5 Å². The Balaban J connectivity index is 0.758. The molecule has 4 aromatic rings. The van der Waals surface area contributed by atoms with E-state index in [-0.39, 0.29) is 54.3 Å². The highest BCUT2D eigenvalue weighted by Gasteiger charge is 2.30. The number of carbonyl (C=O) groups is 4. The van der Waals surface area contributed by atoms with E-state index in [4.69, 9.17) is 21.6 Å². The molecule has 14 nitrogen and oxygen atoms in total. The number of nitrogens with zero attached hydrogens (tertiary/aromatic N) is 7. The van der Waals surface area contributed by atoms with Gasteiger partial charge in [0.05, 0.1) is 40.1 Å². The molecule has 57 heavy (non-hydrogen) atoms. The maximum atomic E-state index is 13.4. The smallest absolute Gasteiger partial charge is 0.328 e. The van der Waals surface area contributed by atoms with E-state index < -0.39 is 0 Å². The molecule has 2 aromatic heterocycles. The molecule has 3 aliphatic heterocycles. The fourth-order valence-corrected chi connectivity index (χ4v) is 8.92. The Kier molecular flexibility index (Phi) is 11.4. The summed E-state index contributed by atoms with van der Waals surface area (Å²) in [5, 5.41) is 24.7. The minimum Gasteiger partial charge on any atom is -0.490 e. The molecule has 1 saturated carbocycles. The molecule has 0 radical (unpaired) electrons. The van der Waals surface area contributed by atoms with E-state index >= 15 is 0 Å². The molecule has 0 unspecified atom stereocenters. The number of hydrogen-bond acceptors (Lipinski definition) is 9. The number of anilines is 1. The number of nitriles is 1. The number of rotatable bonds is 9. The summed E-state index contributed by atoms with van der Waals surface area (Å²) in [7, 11) is 0. The van der Waals surface area contributed by atoms with Crippen LogP contribution in [0.4, 0.5) is 10.5 Å². The minimum atomic E-state index is -0.390. The van der Waals surface area contributed by atoms with E-state index in [0.29, 0.717) is 48.2 Å². The van der Waals surface area contributed by atoms with E-state index in [2.05, 4.69) is 48.6 Å². The van der Waals surface area contributed by atoms with Crippen LogP contribution in [0, 0.1) is 11.3 Å². The summed E-state index contributed by atoms with van der Waals surface area (Å²) in [6, 6.07) is 18.7. The summed E-state index contributed by atoms with van der Waals surface area (Å²) in [5.74, 6) is 0.542. The molecule has 2 aromatic carbocycles. The molecule has 0 spiro atoms. The van der Waals surface area contributed by atoms with Gasteiger partial charge in [0, 0.05) is 61.7 Å². The Morgan fingerprint density at radius 1 is 0.912 bits per heavy atom. The first-order valence-electron chi connectivity index (χ1n) is 19.9. The summed E-state index contributed by atoms with van der Waals surface area (Å²) in [4.78, 5) is 56.5. The van der Waals surface area contributed by atoms with Gasteiger partial charge in [0.1, 0.15) is 11.8 Å². The number of ether oxygens (including phenoxy) is 1. The van der Waals surface area contributed by atoms with E-state index in [1.54, 1.807) is 29.2 Å². The molecule has 296 valence electrons. The number of fused-ring (bicyclic) bond motifs is 1. The fraction of sp³-hybridized carbons (Fsp3) is 0.452. The number of nitrogens with one attached hydrogen (secondary N) is 2. The van der Waals surface area contributed by atoms with Gasteiger partial charge in [-0.2, -0.15) is 10.4 Å². The number of benzene rings is 2. The first-order chi connectivity index (χ1) is 27.7. The van der Waals surface area contributed by atoms with Gasteiger partial charge in [-0.3, -0.25) is 29.5 Å². The molecule has 1 aliphatic carbocycles. The molecule has 5 heterocycles. The van der Waals surface area contributed by atoms with Crippen LogP contribution in [0.15, 0.2) is 60.8 Å². The van der Waals surface area contributed by atoms with Crippen LogP contribution in [0.25, 0.3) is 10.9 Å². The molecular formula is C42H46ClN9O5. The van der Waals surface area contributed by atoms with Gasteiger partial charge in [-0.05, 0) is 107 Å². The zero-order valence-electron chi connectivity index (χ0n) is 31.7. The lowest BCUT2D eigenvalue weighted by molar-refractivity contribution is -0.134. The van der Waals surface area contributed by atoms with E-state index in [9.17, 15) is 19.2 Å². The summed E-state index contributed by atoms with van der Waals surface area (Å²) in [6.07, 6.45) is 8.95. The van der Waals surface area contributed by atoms with Crippen LogP contribution in [0.3, 0.4) is 0 Å². The van der Waals surface area contributed by atoms with Gasteiger partial charge in [-0.25, -0.2) is 4.79 Å². The topological polar surface area (TPSA) is 166 Å². The van der Waals surface area contributed by atoms with Gasteiger partial charge < -0.3 is 19.5 Å². The fourth-order valence-electron chi connectivity index (χ4n) is 8.71. The molecule has 0 bridgehead atoms. The molecular weight excluding hydrogens is 746 g/mol. The molecule has 0 atom stereocenters. The van der Waals surface area contributed by atoms with Crippen LogP contribution in [-0.4, -0.2) is 99.7 Å². The van der Waals surface area contributed by atoms with Crippen LogP contribution in [0.5, 0.6) is 5.75 Å². The highest BCUT2D eigenvalue weighted by Crippen LogP contribution is 2.34. The average molecular weight is 792 g/mol. The van der Waals surface area contributed by atoms with Gasteiger partial charge in [0.15, 0.2) is 5.69 Å². The van der Waals surface area contributed by atoms with Crippen molar-refractivity contribution in [1.82, 2.24) is 35.2 Å². The normalized spacial score (nSPS) is 21.3. The number of urea groups is 1. The zero-order valence-corrected chi connectivity index (χ0v) is 32.5. The highest BCUT2D eigenvalue weighted by atomic mass is 35.5. The zero-order chi connectivity index (χ0) is 39.5. The van der Waals surface area contributed by atoms with Gasteiger partial charge in [0.2, 0.25) is 11.8 Å². The Labute approximate surface area is 336 Å². The Hall–Kier alpha value is -5.52. The molecule has 4 aliphatic rings. The Morgan fingerprint density at radius 2 is 1.70 bits per heavy atom. The molecule has 4 fully saturated rings. The van der Waals surface area contributed by atoms with Gasteiger partial charge in [-0.15, -0.1) is 5.10 Å². The highest BCUT2D eigenvalue weighted by molar-refractivity contribution is 6.31. The van der Waals surface area contributed by atoms with Crippen molar-refractivity contribution in [3.05, 3.63) is 82.8 Å². The third-order valence-electron chi connectivity index (χ3n) is 12.0. The van der Waals surface area contributed by atoms with Gasteiger partial charge in [0.25, 0.3) is 5.91 Å². The summed E-state index contributed by atoms with van der Waals surface area (Å²) in [5.41, 5.74) is 3.43. The Bertz CT molecular complexity index is 2180. The van der Waals surface area contributed by atoms with E-state index in [1.807, 2.05) is 29.2 Å². The lowest BCUT2D eigenvalue weighted by Gasteiger charge is -2.36. The molecule has 2 N–H and O–H groups in total. The van der Waals surface area contributed by atoms with Crippen molar-refractivity contribution < 1.29 is 23.9 Å². The average Bonchev–Trinajstić information content (AvgIpc) is 3.67. The number of imide groups is 1. The lowest BCUT2D eigenvalue weighted by atomic mass is 9.92. The Morgan fingerprint density at radius 3 is 2.40 bits per heavy atom. The molecule has 5 amide bonds. The van der Waals surface area contributed by atoms with Crippen molar-refractivity contribution in [3.8, 4) is 11.8 Å². The number of halogens is 1. The molecule has 3 saturated heterocycles. The number of piperidine rings is 2. The van der Waals surface area contributed by atoms with E-state index in [0.717, 1.165) is 86.7 Å². The first kappa shape index (κ1) is 38.4. The van der Waals surface area contributed by atoms with Gasteiger partial charge in [-0.1, -0.05) is 17.7 Å². The first-order valence-corrected chi connectivity index (χ1v) is 20.3. The lowest BCUT2D eigenvalue weighted by Crippen LogP contribution is -2.49. The maximum Gasteiger partial charge on any atom is 0.328 e. The van der Waals surface area contributed by atoms with Crippen molar-refractivity contribution >= 4 is 51.9 Å². The van der Waals surface area contributed by atoms with Gasteiger partial charge >= 0.3 is 6.03 Å². The standard InChI is InChI=1S/C42H46ClN9O5/c43-34-24-32(7-4-28(34)25-44)57-31-8-5-29(6-9-31)45-41(55)36-11-10-35(47-48-36)27-12-18-49(19-13-27)26-40(54)50-20-14-30(15-21-50)51-22-16-33-37(51)2-1-3-38(33)52-23-17-39(53)46-42(52)56/h1-4,7,10-11,16,22,24,27,29-31H,5-6,8-9,12-15,17-21,23,26H2,(H,45,55)(H,46,53,56). The van der Waals surface area contributed by atoms with Crippen LogP contribution >= 0.6 is 11.6 Å². The van der Waals surface area contributed by atoms with Crippen LogP contribution in [-0.2, 0) is 9.59 Å². The number of aromatic nitrogens is 3. The van der Waals surface area contributed by atoms with Crippen molar-refractivity contribution in [2.45, 2.75) is 81.9 Å². The monoisotopic (exact) mass is 791 g/mol. The van der Waals surface area contributed by atoms with Crippen LogP contribution in [0.2, 0.25) is 5.02 Å². The van der Waals surface area contributed by atoms with Crippen molar-refractivity contribution in [2.75, 3.05) is 44.2 Å². The summed E-state index contributed by atoms with van der Waals surface area (Å²) >= 11 is 6.15. The van der Waals surface area contributed by atoms with E-state index in [1.165, 1.54) is 0 Å². The van der Waals surface area contributed by atoms with Crippen molar-refractivity contribution in [2.24, 2.45) is 0 Å². The number of amides is 5. The predicted octanol–water partition coefficient (Wildman–Crippen LogP) is 5.57. The van der Waals surface area contributed by atoms with Crippen molar-refractivity contribution in [1.29, 1.82) is 5.26 Å². The number of hydrogen-bond donors (Lipinski definition) is 2. The van der Waals surface area contributed by atoms with Crippen molar-refractivity contribution in [3.63, 3.8) is 0 Å². The summed E-state index contributed by atoms with van der Waals surface area (Å²) in [6.45, 7) is 3.73. The maximum absolute atomic E-state index is 13.4. The number of likely N-dealkylation sites (tertiary alicyclic amines) is 2. The SMILES string of the molecule is N#Cc1ccc(OC2CCC(NC(=O)c3ccc(C4CCN(CC(=O)N5CCC(n6ccc7c(N8CCC(=O)NC8=O)cccc76)CC5)CC4)nn3)CC2)cc1Cl. The summed E-state index contributed by atoms with van der Waals surface area (Å²) < 4.78 is 8.34. The second-order valence-electron chi connectivity index (χ2n) is 15.5. The third-order valence-corrected chi connectivity index (χ3v) is 12.3. The number of carbonyl (C=O) groups excluding carboxylic acids is 4. The van der Waals surface area contributed by atoms with Crippen LogP contribution < -0.4 is 20.3 Å². The largest absolute Gasteiger partial charge is 0.490 e. The quantitative estimate of drug-likeness (QED) is 0.221. The molecule has 8 rings (SSSR count). The molecule has 15 heteroatoms. The minimum absolute atomic E-state index is 0.0191. The second-order valence-corrected chi connectivity index (χ2v) is 15.9. The predicted molar refractivity (Wildman–Crippen MR) is 213 cm³/mol.